The van der Waals surface area contributed by atoms with Gasteiger partial charge < -0.3 is 51.8 Å². The number of carbonyl (C=O) groups is 3. The van der Waals surface area contributed by atoms with E-state index in [4.69, 9.17) is 17.2 Å². The summed E-state index contributed by atoms with van der Waals surface area (Å²) in [5.41, 5.74) is 31.9. The second-order valence-corrected chi connectivity index (χ2v) is 22.4. The zero-order chi connectivity index (χ0) is 58.8. The molecule has 0 atom stereocenters. The van der Waals surface area contributed by atoms with Crippen molar-refractivity contribution < 1.29 is 14.4 Å². The lowest BCUT2D eigenvalue weighted by Crippen LogP contribution is -2.46. The van der Waals surface area contributed by atoms with Crippen LogP contribution in [0.5, 0.6) is 0 Å². The summed E-state index contributed by atoms with van der Waals surface area (Å²) in [6, 6.07) is 59.7. The Morgan fingerprint density at radius 2 is 0.729 bits per heavy atom. The van der Waals surface area contributed by atoms with E-state index in [1.54, 1.807) is 18.2 Å². The van der Waals surface area contributed by atoms with Crippen molar-refractivity contribution in [3.05, 3.63) is 198 Å². The number of aromatic nitrogens is 3. The lowest BCUT2D eigenvalue weighted by atomic mass is 10.1. The third-order valence-corrected chi connectivity index (χ3v) is 17.0. The van der Waals surface area contributed by atoms with E-state index in [9.17, 15) is 14.4 Å². The largest absolute Gasteiger partial charge is 0.369 e. The Morgan fingerprint density at radius 3 is 1.06 bits per heavy atom. The summed E-state index contributed by atoms with van der Waals surface area (Å²) < 4.78 is 0. The number of piperazine rings is 3. The van der Waals surface area contributed by atoms with Crippen molar-refractivity contribution in [2.75, 3.05) is 106 Å². The molecule has 13 rings (SSSR count). The number of para-hydroxylation sites is 3. The summed E-state index contributed by atoms with van der Waals surface area (Å²) in [5, 5.41) is 2.99. The lowest BCUT2D eigenvalue weighted by Gasteiger charge is -2.36. The zero-order valence-corrected chi connectivity index (χ0v) is 48.9. The maximum atomic E-state index is 11.7. The highest BCUT2D eigenvalue weighted by atomic mass is 16.2. The number of nitrogens with zero attached hydrogens (tertiary/aromatic N) is 6. The van der Waals surface area contributed by atoms with Gasteiger partial charge in [0.1, 0.15) is 0 Å². The minimum absolute atomic E-state index is 0.410. The van der Waals surface area contributed by atoms with Gasteiger partial charge in [-0.1, -0.05) is 123 Å². The van der Waals surface area contributed by atoms with Crippen molar-refractivity contribution >= 4 is 67.5 Å². The number of fused-ring (bicyclic) bond motifs is 3. The monoisotopic (exact) mass is 1130 g/mol. The Labute approximate surface area is 498 Å². The van der Waals surface area contributed by atoms with Crippen molar-refractivity contribution in [2.45, 2.75) is 33.2 Å². The standard InChI is InChI=1S/C26H26N4O.C23H28N4O.C21H24N4O/c27-26(31)23-8-4-7-21-17-24(28-25(21)23)20-9-11-22(12-10-20)30-15-13-29(14-16-30)18-19-5-2-1-3-6-19;1-2-3-11-26-12-14-27(15-13-26)19-9-7-17(8-10-19)21-16-18-5-4-6-20(23(24)28)22(18)25-21;1-2-24-10-12-25(13-11-24)17-8-6-15(7-9-17)19-14-16-4-3-5-18(21(22)26)20(16)23-19/h1-12,17,28H,13-16,18H2,(H2,27,31);4-10,16,25H,2-3,11-15H2,1H3,(H2,24,28);3-9,14,23H,2,10-13H2,1H3,(H2,22,26). The molecule has 85 heavy (non-hydrogen) atoms. The van der Waals surface area contributed by atoms with E-state index in [0.29, 0.717) is 16.7 Å². The number of aromatic amines is 3. The number of hydrogen-bond donors (Lipinski definition) is 6. The summed E-state index contributed by atoms with van der Waals surface area (Å²) in [6.07, 6.45) is 2.55. The number of unbranched alkanes of at least 4 members (excludes halogenated alkanes) is 1. The number of rotatable bonds is 15. The van der Waals surface area contributed by atoms with Gasteiger partial charge in [0.15, 0.2) is 0 Å². The quantitative estimate of drug-likeness (QED) is 0.0579. The molecule has 3 saturated heterocycles. The number of carbonyl (C=O) groups excluding carboxylic acids is 3. The lowest BCUT2D eigenvalue weighted by molar-refractivity contribution is 0.0993. The van der Waals surface area contributed by atoms with Crippen LogP contribution in [0.1, 0.15) is 63.3 Å². The summed E-state index contributed by atoms with van der Waals surface area (Å²) in [4.78, 5) is 60.0. The first-order valence-corrected chi connectivity index (χ1v) is 30.0. The molecular weight excluding hydrogens is 1060 g/mol. The molecule has 436 valence electrons. The van der Waals surface area contributed by atoms with Crippen molar-refractivity contribution in [1.82, 2.24) is 29.7 Å². The molecule has 15 nitrogen and oxygen atoms in total. The molecule has 9 N–H and O–H groups in total. The Bertz CT molecular complexity index is 3860. The van der Waals surface area contributed by atoms with Gasteiger partial charge in [0.05, 0.1) is 33.2 Å². The van der Waals surface area contributed by atoms with Crippen LogP contribution in [0.2, 0.25) is 0 Å². The van der Waals surface area contributed by atoms with Crippen LogP contribution in [0.4, 0.5) is 17.1 Å². The average molecular weight is 1140 g/mol. The molecule has 0 saturated carbocycles. The van der Waals surface area contributed by atoms with Gasteiger partial charge in [0.2, 0.25) is 0 Å². The molecule has 0 aliphatic carbocycles. The molecule has 3 aliphatic rings. The molecular formula is C70H78N12O3. The molecule has 7 aromatic carbocycles. The number of H-pyrrole nitrogens is 3. The molecule has 6 heterocycles. The van der Waals surface area contributed by atoms with E-state index < -0.39 is 17.7 Å². The second kappa shape index (κ2) is 26.6. The topological polar surface area (TPSA) is 196 Å². The molecule has 3 aromatic heterocycles. The summed E-state index contributed by atoms with van der Waals surface area (Å²) in [7, 11) is 0. The van der Waals surface area contributed by atoms with Gasteiger partial charge in [-0.3, -0.25) is 24.2 Å². The van der Waals surface area contributed by atoms with Crippen LogP contribution >= 0.6 is 0 Å². The van der Waals surface area contributed by atoms with Gasteiger partial charge in [0.25, 0.3) is 17.7 Å². The highest BCUT2D eigenvalue weighted by Crippen LogP contribution is 2.32. The molecule has 0 radical (unpaired) electrons. The van der Waals surface area contributed by atoms with Gasteiger partial charge in [-0.05, 0) is 115 Å². The Kier molecular flexibility index (Phi) is 18.1. The van der Waals surface area contributed by atoms with Crippen molar-refractivity contribution in [1.29, 1.82) is 0 Å². The van der Waals surface area contributed by atoms with Crippen LogP contribution in [0.3, 0.4) is 0 Å². The first-order valence-electron chi connectivity index (χ1n) is 30.0. The fourth-order valence-corrected chi connectivity index (χ4v) is 12.0. The summed E-state index contributed by atoms with van der Waals surface area (Å²) in [5.74, 6) is -1.24. The SMILES string of the molecule is CCCCN1CCN(c2ccc(-c3cc4cccc(C(N)=O)c4[nH]3)cc2)CC1.CCN1CCN(c2ccc(-c3cc4cccc(C(N)=O)c4[nH]3)cc2)CC1.NC(=O)c1cccc2cc(-c3ccc(N4CCN(Cc5ccccc5)CC4)cc3)[nH]c12. The Hall–Kier alpha value is -9.15. The number of amides is 3. The first-order chi connectivity index (χ1) is 41.5. The summed E-state index contributed by atoms with van der Waals surface area (Å²) in [6.45, 7) is 20.8. The van der Waals surface area contributed by atoms with Crippen molar-refractivity contribution in [2.24, 2.45) is 17.2 Å². The second-order valence-electron chi connectivity index (χ2n) is 22.4. The third-order valence-electron chi connectivity index (χ3n) is 17.0. The predicted octanol–water partition coefficient (Wildman–Crippen LogP) is 11.2. The number of anilines is 3. The number of nitrogens with one attached hydrogen (secondary N) is 3. The van der Waals surface area contributed by atoms with Gasteiger partial charge in [-0.25, -0.2) is 0 Å². The van der Waals surface area contributed by atoms with E-state index >= 15 is 0 Å². The van der Waals surface area contributed by atoms with Crippen LogP contribution in [0, 0.1) is 0 Å². The smallest absolute Gasteiger partial charge is 0.250 e. The van der Waals surface area contributed by atoms with E-state index in [1.807, 2.05) is 36.4 Å². The Balaban J connectivity index is 0.000000133. The van der Waals surface area contributed by atoms with E-state index in [0.717, 1.165) is 158 Å². The summed E-state index contributed by atoms with van der Waals surface area (Å²) >= 11 is 0. The molecule has 10 aromatic rings. The van der Waals surface area contributed by atoms with E-state index in [1.165, 1.54) is 42.0 Å². The molecule has 0 bridgehead atoms. The minimum atomic E-state index is -0.416. The van der Waals surface area contributed by atoms with Crippen molar-refractivity contribution in [3.63, 3.8) is 0 Å². The number of benzene rings is 7. The van der Waals surface area contributed by atoms with Crippen LogP contribution in [0.25, 0.3) is 66.5 Å². The maximum absolute atomic E-state index is 11.7. The van der Waals surface area contributed by atoms with Crippen LogP contribution < -0.4 is 31.9 Å². The van der Waals surface area contributed by atoms with Gasteiger partial charge >= 0.3 is 0 Å². The van der Waals surface area contributed by atoms with Gasteiger partial charge in [-0.15, -0.1) is 0 Å². The number of likely N-dealkylation sites (N-methyl/N-ethyl adjacent to an activating group) is 1. The number of hydrogen-bond acceptors (Lipinski definition) is 9. The molecule has 3 fully saturated rings. The Morgan fingerprint density at radius 1 is 0.388 bits per heavy atom. The molecule has 3 aliphatic heterocycles. The average Bonchev–Trinajstić information content (AvgIpc) is 4.52. The van der Waals surface area contributed by atoms with Gasteiger partial charge in [-0.2, -0.15) is 0 Å². The third kappa shape index (κ3) is 13.6. The van der Waals surface area contributed by atoms with E-state index in [2.05, 4.69) is 180 Å². The van der Waals surface area contributed by atoms with Crippen molar-refractivity contribution in [3.8, 4) is 33.8 Å². The highest BCUT2D eigenvalue weighted by molar-refractivity contribution is 6.08. The van der Waals surface area contributed by atoms with Crippen LogP contribution in [-0.4, -0.2) is 139 Å². The zero-order valence-electron chi connectivity index (χ0n) is 48.9. The molecule has 3 amide bonds. The fraction of sp³-hybridized carbons (Fsp3) is 0.271. The number of primary amides is 3. The molecule has 0 unspecified atom stereocenters. The normalized spacial score (nSPS) is 15.2. The predicted molar refractivity (Wildman–Crippen MR) is 349 cm³/mol. The fourth-order valence-electron chi connectivity index (χ4n) is 12.0. The van der Waals surface area contributed by atoms with Gasteiger partial charge in [0, 0.05) is 135 Å². The minimum Gasteiger partial charge on any atom is -0.369 e. The van der Waals surface area contributed by atoms with Crippen LogP contribution in [-0.2, 0) is 6.54 Å². The molecule has 0 spiro atoms. The maximum Gasteiger partial charge on any atom is 0.250 e. The number of nitrogens with two attached hydrogens (primary N) is 3. The highest BCUT2D eigenvalue weighted by Gasteiger charge is 2.21. The first kappa shape index (κ1) is 57.7. The molecule has 15 heteroatoms. The van der Waals surface area contributed by atoms with Crippen LogP contribution in [0.15, 0.2) is 176 Å². The van der Waals surface area contributed by atoms with E-state index in [-0.39, 0.29) is 0 Å².